The summed E-state index contributed by atoms with van der Waals surface area (Å²) in [6.45, 7) is 11.5. The van der Waals surface area contributed by atoms with Gasteiger partial charge in [-0.2, -0.15) is 0 Å². The van der Waals surface area contributed by atoms with E-state index in [2.05, 4.69) is 64.2 Å². The first kappa shape index (κ1) is 24.6. The van der Waals surface area contributed by atoms with Crippen molar-refractivity contribution in [2.45, 2.75) is 71.7 Å². The van der Waals surface area contributed by atoms with E-state index in [4.69, 9.17) is 25.8 Å². The monoisotopic (exact) mass is 479 g/mol. The molecule has 4 rings (SSSR count). The van der Waals surface area contributed by atoms with Crippen LogP contribution in [0.15, 0.2) is 66.7 Å². The fourth-order valence-electron chi connectivity index (χ4n) is 4.37. The summed E-state index contributed by atoms with van der Waals surface area (Å²) in [6, 6.07) is 22.4. The van der Waals surface area contributed by atoms with Crippen LogP contribution in [0.5, 0.6) is 5.75 Å². The van der Waals surface area contributed by atoms with Gasteiger partial charge in [0.1, 0.15) is 23.6 Å². The van der Waals surface area contributed by atoms with Crippen LogP contribution in [0, 0.1) is 6.92 Å². The second kappa shape index (κ2) is 10.4. The third-order valence-corrected chi connectivity index (χ3v) is 6.37. The van der Waals surface area contributed by atoms with E-state index in [1.165, 1.54) is 11.1 Å². The molecular formula is C29H34ClNO3. The van der Waals surface area contributed by atoms with Crippen molar-refractivity contribution >= 4 is 17.3 Å². The highest BCUT2D eigenvalue weighted by molar-refractivity contribution is 6.30. The number of anilines is 1. The molecule has 3 aromatic carbocycles. The summed E-state index contributed by atoms with van der Waals surface area (Å²) in [5.41, 5.74) is 4.95. The zero-order chi connectivity index (χ0) is 24.3. The number of benzene rings is 3. The minimum absolute atomic E-state index is 0.0411. The zero-order valence-electron chi connectivity index (χ0n) is 20.6. The maximum Gasteiger partial charge on any atom is 0.132 e. The highest BCUT2D eigenvalue weighted by atomic mass is 35.5. The summed E-state index contributed by atoms with van der Waals surface area (Å²) < 4.78 is 19.4. The maximum absolute atomic E-state index is 6.53. The Kier molecular flexibility index (Phi) is 7.51. The fraction of sp³-hybridized carbons (Fsp3) is 0.379. The van der Waals surface area contributed by atoms with Crippen LogP contribution in [0.2, 0.25) is 5.02 Å². The lowest BCUT2D eigenvalue weighted by atomic mass is 9.87. The van der Waals surface area contributed by atoms with Crippen molar-refractivity contribution in [3.63, 3.8) is 0 Å². The van der Waals surface area contributed by atoms with Crippen LogP contribution in [0.4, 0.5) is 5.69 Å². The van der Waals surface area contributed by atoms with Crippen LogP contribution in [-0.4, -0.2) is 17.8 Å². The third kappa shape index (κ3) is 5.75. The van der Waals surface area contributed by atoms with Gasteiger partial charge in [-0.25, -0.2) is 0 Å². The number of halogens is 1. The fourth-order valence-corrected chi connectivity index (χ4v) is 4.58. The van der Waals surface area contributed by atoms with E-state index in [1.807, 2.05) is 42.5 Å². The number of rotatable bonds is 8. The average Bonchev–Trinajstić information content (AvgIpc) is 2.78. The largest absolute Gasteiger partial charge is 0.485 e. The van der Waals surface area contributed by atoms with Gasteiger partial charge in [0.05, 0.1) is 12.7 Å². The first-order valence-corrected chi connectivity index (χ1v) is 12.2. The van der Waals surface area contributed by atoms with Crippen molar-refractivity contribution in [1.29, 1.82) is 0 Å². The minimum Gasteiger partial charge on any atom is -0.485 e. The molecule has 0 amide bonds. The zero-order valence-corrected chi connectivity index (χ0v) is 21.4. The van der Waals surface area contributed by atoms with Crippen LogP contribution in [0.1, 0.15) is 56.1 Å². The van der Waals surface area contributed by atoms with Gasteiger partial charge in [-0.3, -0.25) is 0 Å². The van der Waals surface area contributed by atoms with Crippen LogP contribution >= 0.6 is 11.6 Å². The second-order valence-corrected chi connectivity index (χ2v) is 10.1. The summed E-state index contributed by atoms with van der Waals surface area (Å²) in [7, 11) is 0. The highest BCUT2D eigenvalue weighted by Gasteiger charge is 2.46. The van der Waals surface area contributed by atoms with Crippen molar-refractivity contribution < 1.29 is 14.2 Å². The second-order valence-electron chi connectivity index (χ2n) is 9.71. The molecule has 1 aliphatic heterocycles. The Morgan fingerprint density at radius 3 is 2.56 bits per heavy atom. The first-order valence-electron chi connectivity index (χ1n) is 11.9. The van der Waals surface area contributed by atoms with Gasteiger partial charge in [-0.1, -0.05) is 48.0 Å². The van der Waals surface area contributed by atoms with Crippen LogP contribution < -0.4 is 10.1 Å². The van der Waals surface area contributed by atoms with Gasteiger partial charge in [0.25, 0.3) is 0 Å². The number of nitrogens with one attached hydrogen (secondary N) is 1. The predicted molar refractivity (Wildman–Crippen MR) is 139 cm³/mol. The number of hydrogen-bond acceptors (Lipinski definition) is 4. The van der Waals surface area contributed by atoms with E-state index in [0.29, 0.717) is 13.2 Å². The summed E-state index contributed by atoms with van der Waals surface area (Å²) in [5.74, 6) is 0.833. The molecule has 2 atom stereocenters. The lowest BCUT2D eigenvalue weighted by Gasteiger charge is -2.45. The molecule has 34 heavy (non-hydrogen) atoms. The number of ether oxygens (including phenoxy) is 3. The molecule has 0 saturated carbocycles. The van der Waals surface area contributed by atoms with Crippen molar-refractivity contribution in [3.8, 4) is 5.75 Å². The van der Waals surface area contributed by atoms with Gasteiger partial charge in [-0.15, -0.1) is 0 Å². The summed E-state index contributed by atoms with van der Waals surface area (Å²) in [5, 5.41) is 4.24. The molecule has 2 unspecified atom stereocenters. The number of hydrogen-bond donors (Lipinski definition) is 1. The standard InChI is InChI=1S/C29H34ClNO3/c1-19(2)33-27-25-16-24(31-17-21-10-8-12-23(30)15-21)13-14-26(25)34-29(4,5)28(27)32-18-22-11-7-6-9-20(22)3/h6-16,19,27-28,31H,17-18H2,1-5H3. The molecule has 3 aromatic rings. The molecule has 180 valence electrons. The smallest absolute Gasteiger partial charge is 0.132 e. The predicted octanol–water partition coefficient (Wildman–Crippen LogP) is 7.48. The Balaban J connectivity index is 1.60. The summed E-state index contributed by atoms with van der Waals surface area (Å²) in [6.07, 6.45) is -0.486. The Morgan fingerprint density at radius 1 is 1.03 bits per heavy atom. The summed E-state index contributed by atoms with van der Waals surface area (Å²) in [4.78, 5) is 0. The Morgan fingerprint density at radius 2 is 1.82 bits per heavy atom. The minimum atomic E-state index is -0.551. The molecule has 1 heterocycles. The molecule has 0 aromatic heterocycles. The van der Waals surface area contributed by atoms with Crippen LogP contribution in [0.3, 0.4) is 0 Å². The van der Waals surface area contributed by atoms with E-state index < -0.39 is 5.60 Å². The van der Waals surface area contributed by atoms with Crippen molar-refractivity contribution in [2.75, 3.05) is 5.32 Å². The molecule has 0 saturated heterocycles. The SMILES string of the molecule is Cc1ccccc1COC1C(OC(C)C)c2cc(NCc3cccc(Cl)c3)ccc2OC1(C)C. The molecule has 0 radical (unpaired) electrons. The Labute approximate surface area is 208 Å². The van der Waals surface area contributed by atoms with Gasteiger partial charge >= 0.3 is 0 Å². The summed E-state index contributed by atoms with van der Waals surface area (Å²) >= 11 is 6.14. The molecule has 5 heteroatoms. The molecule has 1 N–H and O–H groups in total. The quantitative estimate of drug-likeness (QED) is 0.363. The van der Waals surface area contributed by atoms with Crippen molar-refractivity contribution in [3.05, 3.63) is 94.0 Å². The molecule has 0 aliphatic carbocycles. The molecule has 1 aliphatic rings. The van der Waals surface area contributed by atoms with Crippen LogP contribution in [-0.2, 0) is 22.6 Å². The maximum atomic E-state index is 6.53. The molecule has 0 fully saturated rings. The Hall–Kier alpha value is -2.53. The lowest BCUT2D eigenvalue weighted by molar-refractivity contribution is -0.177. The topological polar surface area (TPSA) is 39.7 Å². The van der Waals surface area contributed by atoms with Crippen molar-refractivity contribution in [2.24, 2.45) is 0 Å². The van der Waals surface area contributed by atoms with E-state index in [0.717, 1.165) is 27.6 Å². The normalized spacial score (nSPS) is 18.9. The third-order valence-electron chi connectivity index (χ3n) is 6.13. The number of fused-ring (bicyclic) bond motifs is 1. The van der Waals surface area contributed by atoms with Gasteiger partial charge in [0, 0.05) is 22.8 Å². The molecular weight excluding hydrogens is 446 g/mol. The van der Waals surface area contributed by atoms with E-state index >= 15 is 0 Å². The van der Waals surface area contributed by atoms with E-state index in [1.54, 1.807) is 0 Å². The molecule has 0 bridgehead atoms. The number of aryl methyl sites for hydroxylation is 1. The van der Waals surface area contributed by atoms with Gasteiger partial charge in [0.15, 0.2) is 0 Å². The average molecular weight is 480 g/mol. The van der Waals surface area contributed by atoms with Gasteiger partial charge in [-0.05, 0) is 81.6 Å². The highest BCUT2D eigenvalue weighted by Crippen LogP contribution is 2.45. The van der Waals surface area contributed by atoms with Gasteiger partial charge in [0.2, 0.25) is 0 Å². The van der Waals surface area contributed by atoms with E-state index in [-0.39, 0.29) is 18.3 Å². The van der Waals surface area contributed by atoms with Crippen LogP contribution in [0.25, 0.3) is 0 Å². The van der Waals surface area contributed by atoms with Crippen molar-refractivity contribution in [1.82, 2.24) is 0 Å². The molecule has 0 spiro atoms. The van der Waals surface area contributed by atoms with Gasteiger partial charge < -0.3 is 19.5 Å². The van der Waals surface area contributed by atoms with E-state index in [9.17, 15) is 0 Å². The first-order chi connectivity index (χ1) is 16.2. The Bertz CT molecular complexity index is 1130. The molecule has 4 nitrogen and oxygen atoms in total. The lowest BCUT2D eigenvalue weighted by Crippen LogP contribution is -2.51.